The molecule has 2 atom stereocenters. The molecule has 2 aliphatic heterocycles. The maximum absolute atomic E-state index is 13.1. The average molecular weight is 341 g/mol. The topological polar surface area (TPSA) is 43.9 Å². The Morgan fingerprint density at radius 1 is 1.12 bits per heavy atom. The summed E-state index contributed by atoms with van der Waals surface area (Å²) in [7, 11) is 3.67. The van der Waals surface area contributed by atoms with Gasteiger partial charge in [0.25, 0.3) is 5.91 Å². The normalized spacial score (nSPS) is 28.9. The van der Waals surface area contributed by atoms with Crippen LogP contribution in [-0.2, 0) is 4.79 Å². The Kier molecular flexibility index (Phi) is 4.07. The number of hydrogen-bond donors (Lipinski definition) is 0. The largest absolute Gasteiger partial charge is 0.348 e. The summed E-state index contributed by atoms with van der Waals surface area (Å²) in [6, 6.07) is 9.42. The zero-order chi connectivity index (χ0) is 17.6. The van der Waals surface area contributed by atoms with E-state index in [0.717, 1.165) is 25.6 Å². The lowest BCUT2D eigenvalue weighted by atomic mass is 9.80. The van der Waals surface area contributed by atoms with Gasteiger partial charge in [-0.15, -0.1) is 0 Å². The Bertz CT molecular complexity index is 671. The summed E-state index contributed by atoms with van der Waals surface area (Å²) in [6.07, 6.45) is 2.66. The molecule has 3 fully saturated rings. The molecule has 3 aliphatic rings. The molecule has 1 aromatic carbocycles. The van der Waals surface area contributed by atoms with Crippen molar-refractivity contribution in [3.8, 4) is 0 Å². The summed E-state index contributed by atoms with van der Waals surface area (Å²) in [5.41, 5.74) is 0.285. The molecule has 1 aromatic rings. The zero-order valence-electron chi connectivity index (χ0n) is 15.1. The average Bonchev–Trinajstić information content (AvgIpc) is 3.24. The quantitative estimate of drug-likeness (QED) is 0.835. The number of fused-ring (bicyclic) bond motifs is 1. The lowest BCUT2D eigenvalue weighted by molar-refractivity contribution is -0.139. The smallest absolute Gasteiger partial charge is 0.253 e. The van der Waals surface area contributed by atoms with Crippen LogP contribution < -0.4 is 0 Å². The predicted octanol–water partition coefficient (Wildman–Crippen LogP) is 1.56. The van der Waals surface area contributed by atoms with Crippen LogP contribution in [0.3, 0.4) is 0 Å². The van der Waals surface area contributed by atoms with Gasteiger partial charge in [0.05, 0.1) is 5.41 Å². The number of carbonyl (C=O) groups is 2. The molecule has 134 valence electrons. The zero-order valence-corrected chi connectivity index (χ0v) is 15.1. The second kappa shape index (κ2) is 6.13. The van der Waals surface area contributed by atoms with Crippen LogP contribution in [0.4, 0.5) is 0 Å². The van der Waals surface area contributed by atoms with Gasteiger partial charge in [0.2, 0.25) is 5.91 Å². The van der Waals surface area contributed by atoms with E-state index in [0.29, 0.717) is 18.7 Å². The number of hydrogen-bond acceptors (Lipinski definition) is 3. The monoisotopic (exact) mass is 341 g/mol. The van der Waals surface area contributed by atoms with Crippen molar-refractivity contribution in [3.05, 3.63) is 35.9 Å². The summed E-state index contributed by atoms with van der Waals surface area (Å²) < 4.78 is 0. The molecule has 0 unspecified atom stereocenters. The Morgan fingerprint density at radius 3 is 2.48 bits per heavy atom. The van der Waals surface area contributed by atoms with Gasteiger partial charge < -0.3 is 14.7 Å². The molecule has 4 rings (SSSR count). The molecule has 2 saturated heterocycles. The van der Waals surface area contributed by atoms with Gasteiger partial charge in [0, 0.05) is 58.3 Å². The highest BCUT2D eigenvalue weighted by molar-refractivity contribution is 5.95. The maximum atomic E-state index is 13.1. The molecule has 1 aliphatic carbocycles. The summed E-state index contributed by atoms with van der Waals surface area (Å²) in [6.45, 7) is 4.09. The molecule has 5 heteroatoms. The van der Waals surface area contributed by atoms with Crippen LogP contribution in [0, 0.1) is 17.3 Å². The second-order valence-electron chi connectivity index (χ2n) is 8.24. The lowest BCUT2D eigenvalue weighted by Crippen LogP contribution is -2.47. The molecule has 5 nitrogen and oxygen atoms in total. The number of likely N-dealkylation sites (tertiary alicyclic amines) is 2. The predicted molar refractivity (Wildman–Crippen MR) is 96.1 cm³/mol. The molecule has 2 amide bonds. The van der Waals surface area contributed by atoms with E-state index in [1.807, 2.05) is 49.3 Å². The van der Waals surface area contributed by atoms with Crippen LogP contribution in [0.5, 0.6) is 0 Å². The molecule has 25 heavy (non-hydrogen) atoms. The van der Waals surface area contributed by atoms with E-state index >= 15 is 0 Å². The number of amides is 2. The minimum absolute atomic E-state index is 0.0506. The summed E-state index contributed by atoms with van der Waals surface area (Å²) in [5, 5.41) is 0. The first-order chi connectivity index (χ1) is 12.0. The van der Waals surface area contributed by atoms with Gasteiger partial charge in [0.1, 0.15) is 0 Å². The highest BCUT2D eigenvalue weighted by Crippen LogP contribution is 2.45. The van der Waals surface area contributed by atoms with Gasteiger partial charge >= 0.3 is 0 Å². The van der Waals surface area contributed by atoms with E-state index in [1.54, 1.807) is 4.90 Å². The van der Waals surface area contributed by atoms with Crippen LogP contribution in [-0.4, -0.2) is 73.3 Å². The van der Waals surface area contributed by atoms with Gasteiger partial charge in [0.15, 0.2) is 0 Å². The molecule has 0 bridgehead atoms. The fourth-order valence-electron chi connectivity index (χ4n) is 4.64. The standard InChI is InChI=1S/C20H27N3O2/c1-21(2)19(25)20-13-22(10-15-8-9-15)11-17(20)12-23(14-20)18(24)16-6-4-3-5-7-16/h3-7,15,17H,8-14H2,1-2H3/t17-,20-/m1/s1. The fourth-order valence-corrected chi connectivity index (χ4v) is 4.64. The van der Waals surface area contributed by atoms with E-state index in [-0.39, 0.29) is 17.7 Å². The Morgan fingerprint density at radius 2 is 1.84 bits per heavy atom. The van der Waals surface area contributed by atoms with Gasteiger partial charge in [-0.05, 0) is 30.9 Å². The van der Waals surface area contributed by atoms with Crippen molar-refractivity contribution in [3.63, 3.8) is 0 Å². The molecule has 2 heterocycles. The van der Waals surface area contributed by atoms with Crippen molar-refractivity contribution in [1.82, 2.24) is 14.7 Å². The first-order valence-electron chi connectivity index (χ1n) is 9.28. The van der Waals surface area contributed by atoms with Crippen LogP contribution >= 0.6 is 0 Å². The first kappa shape index (κ1) is 16.6. The molecular weight excluding hydrogens is 314 g/mol. The van der Waals surface area contributed by atoms with Crippen LogP contribution in [0.15, 0.2) is 30.3 Å². The third-order valence-electron chi connectivity index (χ3n) is 6.03. The van der Waals surface area contributed by atoms with Crippen LogP contribution in [0.1, 0.15) is 23.2 Å². The summed E-state index contributed by atoms with van der Waals surface area (Å²) in [5.74, 6) is 1.30. The number of nitrogens with zero attached hydrogens (tertiary/aromatic N) is 3. The molecule has 0 radical (unpaired) electrons. The van der Waals surface area contributed by atoms with E-state index in [9.17, 15) is 9.59 Å². The van der Waals surface area contributed by atoms with E-state index in [2.05, 4.69) is 4.90 Å². The highest BCUT2D eigenvalue weighted by atomic mass is 16.2. The van der Waals surface area contributed by atoms with Crippen LogP contribution in [0.25, 0.3) is 0 Å². The van der Waals surface area contributed by atoms with Crippen molar-refractivity contribution < 1.29 is 9.59 Å². The molecule has 0 aromatic heterocycles. The van der Waals surface area contributed by atoms with Crippen molar-refractivity contribution in [2.75, 3.05) is 46.8 Å². The highest BCUT2D eigenvalue weighted by Gasteiger charge is 2.58. The van der Waals surface area contributed by atoms with E-state index < -0.39 is 5.41 Å². The molecule has 1 saturated carbocycles. The minimum atomic E-state index is -0.428. The SMILES string of the molecule is CN(C)C(=O)[C@@]12CN(CC3CC3)C[C@@H]1CN(C(=O)c1ccccc1)C2. The summed E-state index contributed by atoms with van der Waals surface area (Å²) >= 11 is 0. The third-order valence-corrected chi connectivity index (χ3v) is 6.03. The minimum Gasteiger partial charge on any atom is -0.348 e. The Balaban J connectivity index is 1.55. The van der Waals surface area contributed by atoms with Gasteiger partial charge in [-0.3, -0.25) is 9.59 Å². The van der Waals surface area contributed by atoms with Crippen molar-refractivity contribution in [1.29, 1.82) is 0 Å². The Labute approximate surface area is 149 Å². The molecular formula is C20H27N3O2. The number of carbonyl (C=O) groups excluding carboxylic acids is 2. The van der Waals surface area contributed by atoms with E-state index in [1.165, 1.54) is 12.8 Å². The van der Waals surface area contributed by atoms with Gasteiger partial charge in [-0.1, -0.05) is 18.2 Å². The number of rotatable bonds is 4. The lowest BCUT2D eigenvalue weighted by Gasteiger charge is -2.31. The van der Waals surface area contributed by atoms with Crippen molar-refractivity contribution in [2.24, 2.45) is 17.3 Å². The molecule has 0 N–H and O–H groups in total. The first-order valence-corrected chi connectivity index (χ1v) is 9.28. The van der Waals surface area contributed by atoms with E-state index in [4.69, 9.17) is 0 Å². The van der Waals surface area contributed by atoms with Crippen LogP contribution in [0.2, 0.25) is 0 Å². The Hall–Kier alpha value is -1.88. The number of benzene rings is 1. The fraction of sp³-hybridized carbons (Fsp3) is 0.600. The second-order valence-corrected chi connectivity index (χ2v) is 8.24. The van der Waals surface area contributed by atoms with Gasteiger partial charge in [-0.2, -0.15) is 0 Å². The third kappa shape index (κ3) is 2.95. The molecule has 0 spiro atoms. The van der Waals surface area contributed by atoms with Crippen molar-refractivity contribution >= 4 is 11.8 Å². The summed E-state index contributed by atoms with van der Waals surface area (Å²) in [4.78, 5) is 32.0. The van der Waals surface area contributed by atoms with Crippen molar-refractivity contribution in [2.45, 2.75) is 12.8 Å². The van der Waals surface area contributed by atoms with Gasteiger partial charge in [-0.25, -0.2) is 0 Å². The maximum Gasteiger partial charge on any atom is 0.253 e.